The molecule has 1 aliphatic heterocycles. The van der Waals surface area contributed by atoms with Crippen molar-refractivity contribution in [2.24, 2.45) is 0 Å². The first-order chi connectivity index (χ1) is 15.5. The van der Waals surface area contributed by atoms with E-state index in [9.17, 15) is 9.59 Å². The minimum Gasteiger partial charge on any atom is -0.493 e. The van der Waals surface area contributed by atoms with Crippen LogP contribution in [0.5, 0.6) is 5.75 Å². The van der Waals surface area contributed by atoms with Gasteiger partial charge in [0.2, 0.25) is 0 Å². The fraction of sp³-hybridized carbons (Fsp3) is 0.417. The minimum absolute atomic E-state index is 0.0532. The number of carboxylic acids is 1. The second-order valence-electron chi connectivity index (χ2n) is 7.86. The monoisotopic (exact) mass is 458 g/mol. The number of hydrogen-bond acceptors (Lipinski definition) is 6. The predicted molar refractivity (Wildman–Crippen MR) is 124 cm³/mol. The van der Waals surface area contributed by atoms with Gasteiger partial charge in [-0.05, 0) is 51.3 Å². The lowest BCUT2D eigenvalue weighted by molar-refractivity contribution is -0.137. The minimum atomic E-state index is -0.769. The number of thioether (sulfide) groups is 1. The number of ether oxygens (including phenoxy) is 1. The van der Waals surface area contributed by atoms with E-state index in [1.54, 1.807) is 6.26 Å². The van der Waals surface area contributed by atoms with Crippen molar-refractivity contribution in [3.63, 3.8) is 0 Å². The summed E-state index contributed by atoms with van der Waals surface area (Å²) in [4.78, 5) is 26.2. The first-order valence-corrected chi connectivity index (χ1v) is 11.7. The van der Waals surface area contributed by atoms with Gasteiger partial charge in [-0.1, -0.05) is 30.0 Å². The molecule has 1 amide bonds. The number of hydrogen-bond donors (Lipinski definition) is 2. The third-order valence-electron chi connectivity index (χ3n) is 5.09. The average molecular weight is 459 g/mol. The molecule has 0 saturated carbocycles. The van der Waals surface area contributed by atoms with Gasteiger partial charge in [0.25, 0.3) is 5.91 Å². The number of unbranched alkanes of at least 4 members (excludes halogenated alkanes) is 2. The quantitative estimate of drug-likeness (QED) is 0.436. The molecule has 7 nitrogen and oxygen atoms in total. The highest BCUT2D eigenvalue weighted by molar-refractivity contribution is 8.04. The lowest BCUT2D eigenvalue weighted by Crippen LogP contribution is -2.25. The van der Waals surface area contributed by atoms with Crippen LogP contribution in [-0.2, 0) is 16.1 Å². The number of benzene rings is 1. The Morgan fingerprint density at radius 3 is 2.72 bits per heavy atom. The summed E-state index contributed by atoms with van der Waals surface area (Å²) in [5.74, 6) is 0.661. The maximum atomic E-state index is 12.9. The van der Waals surface area contributed by atoms with E-state index in [2.05, 4.69) is 24.1 Å². The van der Waals surface area contributed by atoms with Crippen LogP contribution in [0.1, 0.15) is 56.2 Å². The third-order valence-corrected chi connectivity index (χ3v) is 6.33. The van der Waals surface area contributed by atoms with Crippen LogP contribution >= 0.6 is 11.8 Å². The van der Waals surface area contributed by atoms with Crippen LogP contribution in [0.2, 0.25) is 0 Å². The molecule has 1 aromatic heterocycles. The lowest BCUT2D eigenvalue weighted by atomic mass is 10.2. The van der Waals surface area contributed by atoms with Gasteiger partial charge in [-0.15, -0.1) is 0 Å². The molecule has 172 valence electrons. The van der Waals surface area contributed by atoms with Crippen LogP contribution in [0.3, 0.4) is 0 Å². The van der Waals surface area contributed by atoms with E-state index < -0.39 is 5.97 Å². The van der Waals surface area contributed by atoms with Crippen molar-refractivity contribution >= 4 is 23.6 Å². The van der Waals surface area contributed by atoms with E-state index in [-0.39, 0.29) is 23.7 Å². The average Bonchev–Trinajstić information content (AvgIpc) is 3.45. The number of rotatable bonds is 12. The van der Waals surface area contributed by atoms with Crippen molar-refractivity contribution in [1.82, 2.24) is 10.2 Å². The van der Waals surface area contributed by atoms with E-state index in [1.165, 1.54) is 11.8 Å². The summed E-state index contributed by atoms with van der Waals surface area (Å²) in [6.07, 6.45) is 5.98. The molecule has 0 aliphatic carbocycles. The van der Waals surface area contributed by atoms with Crippen molar-refractivity contribution < 1.29 is 23.8 Å². The van der Waals surface area contributed by atoms with E-state index in [0.29, 0.717) is 24.5 Å². The number of nitrogens with zero attached hydrogens (tertiary/aromatic N) is 1. The van der Waals surface area contributed by atoms with Gasteiger partial charge in [0.15, 0.2) is 0 Å². The van der Waals surface area contributed by atoms with E-state index in [4.69, 9.17) is 14.3 Å². The molecule has 0 bridgehead atoms. The van der Waals surface area contributed by atoms with Crippen LogP contribution in [-0.4, -0.2) is 34.5 Å². The molecular formula is C24H30N2O5S. The highest BCUT2D eigenvalue weighted by Crippen LogP contribution is 2.45. The molecule has 1 aliphatic rings. The third kappa shape index (κ3) is 6.56. The van der Waals surface area contributed by atoms with Crippen molar-refractivity contribution in [2.45, 2.75) is 57.5 Å². The summed E-state index contributed by atoms with van der Waals surface area (Å²) in [7, 11) is 0. The van der Waals surface area contributed by atoms with Crippen LogP contribution in [0, 0.1) is 0 Å². The van der Waals surface area contributed by atoms with Gasteiger partial charge in [-0.2, -0.15) is 0 Å². The van der Waals surface area contributed by atoms with Gasteiger partial charge in [-0.25, -0.2) is 0 Å². The van der Waals surface area contributed by atoms with Crippen LogP contribution in [0.25, 0.3) is 0 Å². The highest BCUT2D eigenvalue weighted by Gasteiger charge is 2.33. The summed E-state index contributed by atoms with van der Waals surface area (Å²) in [5, 5.41) is 11.6. The zero-order valence-corrected chi connectivity index (χ0v) is 19.3. The van der Waals surface area contributed by atoms with Crippen molar-refractivity contribution in [1.29, 1.82) is 0 Å². The number of furan rings is 1. The lowest BCUT2D eigenvalue weighted by Gasteiger charge is -2.26. The zero-order valence-electron chi connectivity index (χ0n) is 18.5. The van der Waals surface area contributed by atoms with Gasteiger partial charge in [0.1, 0.15) is 16.9 Å². The number of carbonyl (C=O) groups is 2. The summed E-state index contributed by atoms with van der Waals surface area (Å²) < 4.78 is 11.4. The SMILES string of the molecule is CC(C)N1C=C(C(=O)NCc2ccccc2OCCCCCC(=O)O)SC1c1ccco1. The topological polar surface area (TPSA) is 92.0 Å². The van der Waals surface area contributed by atoms with Gasteiger partial charge in [0, 0.05) is 30.8 Å². The van der Waals surface area contributed by atoms with Crippen LogP contribution in [0.4, 0.5) is 0 Å². The fourth-order valence-corrected chi connectivity index (χ4v) is 4.65. The second-order valence-corrected chi connectivity index (χ2v) is 8.99. The molecule has 0 saturated heterocycles. The van der Waals surface area contributed by atoms with Crippen molar-refractivity contribution in [2.75, 3.05) is 6.61 Å². The number of aliphatic carboxylic acids is 1. The Balaban J connectivity index is 1.52. The first kappa shape index (κ1) is 23.8. The Bertz CT molecular complexity index is 926. The Kier molecular flexibility index (Phi) is 8.67. The van der Waals surface area contributed by atoms with Crippen molar-refractivity contribution in [3.05, 3.63) is 65.1 Å². The predicted octanol–water partition coefficient (Wildman–Crippen LogP) is 4.92. The van der Waals surface area contributed by atoms with Crippen LogP contribution < -0.4 is 10.1 Å². The maximum Gasteiger partial charge on any atom is 0.303 e. The van der Waals surface area contributed by atoms with E-state index in [0.717, 1.165) is 29.9 Å². The Morgan fingerprint density at radius 1 is 1.19 bits per heavy atom. The highest BCUT2D eigenvalue weighted by atomic mass is 32.2. The summed E-state index contributed by atoms with van der Waals surface area (Å²) in [6.45, 7) is 5.05. The number of carbonyl (C=O) groups excluding carboxylic acids is 1. The van der Waals surface area contributed by atoms with Gasteiger partial charge in [0.05, 0.1) is 17.8 Å². The van der Waals surface area contributed by atoms with Gasteiger partial charge in [-0.3, -0.25) is 9.59 Å². The largest absolute Gasteiger partial charge is 0.493 e. The van der Waals surface area contributed by atoms with Gasteiger partial charge < -0.3 is 24.5 Å². The zero-order chi connectivity index (χ0) is 22.9. The van der Waals surface area contributed by atoms with Gasteiger partial charge >= 0.3 is 5.97 Å². The Morgan fingerprint density at radius 2 is 2.00 bits per heavy atom. The Labute approximate surface area is 192 Å². The molecule has 0 radical (unpaired) electrons. The molecule has 32 heavy (non-hydrogen) atoms. The van der Waals surface area contributed by atoms with Crippen LogP contribution in [0.15, 0.2) is 58.2 Å². The first-order valence-electron chi connectivity index (χ1n) is 10.9. The van der Waals surface area contributed by atoms with Crippen molar-refractivity contribution in [3.8, 4) is 5.75 Å². The maximum absolute atomic E-state index is 12.9. The van der Waals surface area contributed by atoms with E-state index >= 15 is 0 Å². The molecule has 0 fully saturated rings. The summed E-state index contributed by atoms with van der Waals surface area (Å²) >= 11 is 1.48. The number of amides is 1. The molecule has 2 aromatic rings. The fourth-order valence-electron chi connectivity index (χ4n) is 3.37. The number of nitrogens with one attached hydrogen (secondary N) is 1. The number of para-hydroxylation sites is 1. The molecule has 3 rings (SSSR count). The molecular weight excluding hydrogens is 428 g/mol. The summed E-state index contributed by atoms with van der Waals surface area (Å²) in [6, 6.07) is 11.6. The number of carboxylic acid groups (broad SMARTS) is 1. The molecule has 0 spiro atoms. The molecule has 8 heteroatoms. The second kappa shape index (κ2) is 11.7. The van der Waals surface area contributed by atoms with E-state index in [1.807, 2.05) is 42.6 Å². The molecule has 2 N–H and O–H groups in total. The molecule has 1 atom stereocenters. The Hall–Kier alpha value is -2.87. The summed E-state index contributed by atoms with van der Waals surface area (Å²) in [5.41, 5.74) is 0.901. The molecule has 1 aromatic carbocycles. The molecule has 2 heterocycles. The normalized spacial score (nSPS) is 15.7. The smallest absolute Gasteiger partial charge is 0.303 e. The standard InChI is InChI=1S/C24H30N2O5S/c1-17(2)26-16-21(32-24(26)20-11-8-14-31-20)23(29)25-15-18-9-5-6-10-19(18)30-13-7-3-4-12-22(27)28/h5-6,8-11,14,16-17,24H,3-4,7,12-13,15H2,1-2H3,(H,25,29)(H,27,28). The molecule has 1 unspecified atom stereocenters.